The second-order valence-electron chi connectivity index (χ2n) is 8.17. The van der Waals surface area contributed by atoms with E-state index >= 15 is 0 Å². The number of carbonyl (C=O) groups is 1. The number of carbonyl (C=O) groups excluding carboxylic acids is 1. The highest BCUT2D eigenvalue weighted by Gasteiger charge is 2.22. The first-order chi connectivity index (χ1) is 10.8. The van der Waals surface area contributed by atoms with Crippen molar-refractivity contribution in [3.05, 3.63) is 0 Å². The van der Waals surface area contributed by atoms with Crippen LogP contribution in [0.15, 0.2) is 0 Å². The van der Waals surface area contributed by atoms with Crippen LogP contribution >= 0.6 is 0 Å². The first-order valence-electron chi connectivity index (χ1n) is 10.3. The summed E-state index contributed by atoms with van der Waals surface area (Å²) in [5.41, 5.74) is 0. The van der Waals surface area contributed by atoms with Crippen molar-refractivity contribution in [1.82, 2.24) is 0 Å². The van der Waals surface area contributed by atoms with Gasteiger partial charge in [-0.2, -0.15) is 0 Å². The summed E-state index contributed by atoms with van der Waals surface area (Å²) < 4.78 is 0. The Kier molecular flexibility index (Phi) is 8.55. The minimum absolute atomic E-state index is 0.567. The fourth-order valence-electron chi connectivity index (χ4n) is 4.67. The molecule has 0 unspecified atom stereocenters. The van der Waals surface area contributed by atoms with Gasteiger partial charge in [0.25, 0.3) is 0 Å². The van der Waals surface area contributed by atoms with Crippen molar-refractivity contribution in [3.8, 4) is 0 Å². The molecule has 0 atom stereocenters. The third-order valence-corrected chi connectivity index (χ3v) is 6.25. The van der Waals surface area contributed by atoms with E-state index < -0.39 is 0 Å². The van der Waals surface area contributed by atoms with Crippen LogP contribution in [0.4, 0.5) is 0 Å². The predicted octanol–water partition coefficient (Wildman–Crippen LogP) is 6.69. The van der Waals surface area contributed by atoms with Gasteiger partial charge in [-0.25, -0.2) is 0 Å². The van der Waals surface area contributed by atoms with E-state index in [9.17, 15) is 4.79 Å². The number of ketones is 1. The van der Waals surface area contributed by atoms with Crippen LogP contribution in [0.2, 0.25) is 0 Å². The van der Waals surface area contributed by atoms with Gasteiger partial charge in [-0.3, -0.25) is 4.79 Å². The van der Waals surface area contributed by atoms with Crippen LogP contribution in [0.3, 0.4) is 0 Å². The zero-order valence-electron chi connectivity index (χ0n) is 15.0. The van der Waals surface area contributed by atoms with E-state index in [1.54, 1.807) is 0 Å². The van der Waals surface area contributed by atoms with E-state index in [0.717, 1.165) is 30.6 Å². The van der Waals surface area contributed by atoms with E-state index in [0.29, 0.717) is 5.78 Å². The van der Waals surface area contributed by atoms with Gasteiger partial charge in [0.2, 0.25) is 0 Å². The molecule has 1 heteroatoms. The molecule has 2 aliphatic rings. The van der Waals surface area contributed by atoms with Crippen LogP contribution in [0.1, 0.15) is 110 Å². The number of rotatable bonds is 9. The lowest BCUT2D eigenvalue weighted by Crippen LogP contribution is -2.17. The fourth-order valence-corrected chi connectivity index (χ4v) is 4.67. The summed E-state index contributed by atoms with van der Waals surface area (Å²) in [6, 6.07) is 0. The molecule has 2 rings (SSSR count). The molecule has 2 saturated carbocycles. The Morgan fingerprint density at radius 2 is 1.41 bits per heavy atom. The maximum absolute atomic E-state index is 12.2. The van der Waals surface area contributed by atoms with Crippen molar-refractivity contribution in [3.63, 3.8) is 0 Å². The Bertz CT molecular complexity index is 295. The van der Waals surface area contributed by atoms with Gasteiger partial charge in [0.15, 0.2) is 0 Å². The molecular formula is C21H38O. The first-order valence-corrected chi connectivity index (χ1v) is 10.3. The Balaban J connectivity index is 1.53. The summed E-state index contributed by atoms with van der Waals surface area (Å²) in [4.78, 5) is 12.2. The monoisotopic (exact) mass is 306 g/mol. The molecule has 1 nitrogen and oxygen atoms in total. The number of unbranched alkanes of at least 4 members (excludes halogenated alkanes) is 2. The van der Waals surface area contributed by atoms with E-state index in [-0.39, 0.29) is 0 Å². The van der Waals surface area contributed by atoms with Crippen molar-refractivity contribution >= 4 is 5.78 Å². The molecule has 0 aromatic heterocycles. The highest BCUT2D eigenvalue weighted by atomic mass is 16.1. The molecule has 128 valence electrons. The topological polar surface area (TPSA) is 17.1 Å². The standard InChI is InChI=1S/C21H38O/c1-2-3-5-8-18-11-13-19(14-12-18)15-16-21(22)17-20-9-6-4-7-10-20/h18-20H,2-17H2,1H3. The molecule has 0 N–H and O–H groups in total. The summed E-state index contributed by atoms with van der Waals surface area (Å²) in [7, 11) is 0. The molecule has 0 spiro atoms. The molecule has 22 heavy (non-hydrogen) atoms. The van der Waals surface area contributed by atoms with Gasteiger partial charge in [0.05, 0.1) is 0 Å². The van der Waals surface area contributed by atoms with E-state index in [1.165, 1.54) is 89.9 Å². The van der Waals surface area contributed by atoms with Crippen LogP contribution in [0.25, 0.3) is 0 Å². The fraction of sp³-hybridized carbons (Fsp3) is 0.952. The van der Waals surface area contributed by atoms with Gasteiger partial charge < -0.3 is 0 Å². The molecule has 0 radical (unpaired) electrons. The smallest absolute Gasteiger partial charge is 0.133 e. The molecule has 0 amide bonds. The van der Waals surface area contributed by atoms with Gasteiger partial charge in [-0.1, -0.05) is 90.4 Å². The van der Waals surface area contributed by atoms with E-state index in [4.69, 9.17) is 0 Å². The molecule has 2 fully saturated rings. The van der Waals surface area contributed by atoms with Crippen LogP contribution < -0.4 is 0 Å². The zero-order valence-corrected chi connectivity index (χ0v) is 15.0. The van der Waals surface area contributed by atoms with E-state index in [2.05, 4.69) is 6.92 Å². The lowest BCUT2D eigenvalue weighted by atomic mass is 9.77. The van der Waals surface area contributed by atoms with Crippen LogP contribution in [0.5, 0.6) is 0 Å². The number of hydrogen-bond donors (Lipinski definition) is 0. The lowest BCUT2D eigenvalue weighted by molar-refractivity contribution is -0.120. The highest BCUT2D eigenvalue weighted by molar-refractivity contribution is 5.78. The number of hydrogen-bond acceptors (Lipinski definition) is 1. The van der Waals surface area contributed by atoms with Crippen LogP contribution in [-0.2, 0) is 4.79 Å². The van der Waals surface area contributed by atoms with Gasteiger partial charge in [-0.15, -0.1) is 0 Å². The Morgan fingerprint density at radius 1 is 0.773 bits per heavy atom. The summed E-state index contributed by atoms with van der Waals surface area (Å²) >= 11 is 0. The highest BCUT2D eigenvalue weighted by Crippen LogP contribution is 2.34. The minimum atomic E-state index is 0.567. The van der Waals surface area contributed by atoms with Gasteiger partial charge in [0.1, 0.15) is 5.78 Å². The molecule has 2 aliphatic carbocycles. The first kappa shape index (κ1) is 18.0. The van der Waals surface area contributed by atoms with Crippen molar-refractivity contribution in [2.45, 2.75) is 110 Å². The minimum Gasteiger partial charge on any atom is -0.300 e. The van der Waals surface area contributed by atoms with Crippen molar-refractivity contribution in [1.29, 1.82) is 0 Å². The van der Waals surface area contributed by atoms with Crippen LogP contribution in [-0.4, -0.2) is 5.78 Å². The van der Waals surface area contributed by atoms with Gasteiger partial charge in [-0.05, 0) is 24.2 Å². The predicted molar refractivity (Wildman–Crippen MR) is 95.0 cm³/mol. The molecule has 0 aromatic carbocycles. The third kappa shape index (κ3) is 6.84. The number of Topliss-reactive ketones (excluding diaryl/α,β-unsaturated/α-hetero) is 1. The molecule has 0 saturated heterocycles. The average molecular weight is 307 g/mol. The summed E-state index contributed by atoms with van der Waals surface area (Å²) in [5, 5.41) is 0. The SMILES string of the molecule is CCCCCC1CCC(CCC(=O)CC2CCCCC2)CC1. The van der Waals surface area contributed by atoms with E-state index in [1.807, 2.05) is 0 Å². The summed E-state index contributed by atoms with van der Waals surface area (Å²) in [6.07, 6.45) is 21.0. The average Bonchev–Trinajstić information content (AvgIpc) is 2.55. The second-order valence-corrected chi connectivity index (χ2v) is 8.17. The van der Waals surface area contributed by atoms with Crippen molar-refractivity contribution in [2.24, 2.45) is 17.8 Å². The summed E-state index contributed by atoms with van der Waals surface area (Å²) in [6.45, 7) is 2.29. The quantitative estimate of drug-likeness (QED) is 0.433. The molecule has 0 bridgehead atoms. The Morgan fingerprint density at radius 3 is 2.05 bits per heavy atom. The van der Waals surface area contributed by atoms with Gasteiger partial charge >= 0.3 is 0 Å². The normalized spacial score (nSPS) is 27.0. The molecule has 0 heterocycles. The maximum atomic E-state index is 12.2. The molecule has 0 aliphatic heterocycles. The molecular weight excluding hydrogens is 268 g/mol. The molecule has 0 aromatic rings. The Hall–Kier alpha value is -0.330. The van der Waals surface area contributed by atoms with Crippen molar-refractivity contribution in [2.75, 3.05) is 0 Å². The largest absolute Gasteiger partial charge is 0.300 e. The maximum Gasteiger partial charge on any atom is 0.133 e. The van der Waals surface area contributed by atoms with Crippen LogP contribution in [0, 0.1) is 17.8 Å². The zero-order chi connectivity index (χ0) is 15.6. The lowest BCUT2D eigenvalue weighted by Gasteiger charge is -2.28. The van der Waals surface area contributed by atoms with Gasteiger partial charge in [0, 0.05) is 12.8 Å². The van der Waals surface area contributed by atoms with Crippen molar-refractivity contribution < 1.29 is 4.79 Å². The summed E-state index contributed by atoms with van der Waals surface area (Å²) in [5.74, 6) is 3.16. The second kappa shape index (κ2) is 10.4. The third-order valence-electron chi connectivity index (χ3n) is 6.25. The Labute approximate surface area is 138 Å².